The van der Waals surface area contributed by atoms with Crippen LogP contribution in [0.25, 0.3) is 10.9 Å². The van der Waals surface area contributed by atoms with Crippen molar-refractivity contribution in [2.24, 2.45) is 0 Å². The summed E-state index contributed by atoms with van der Waals surface area (Å²) in [6.07, 6.45) is 0.820. The Balaban J connectivity index is 2.47. The SMILES string of the molecule is COCCCn1c(=O)ccc2ccc(CCl)cc21. The van der Waals surface area contributed by atoms with Gasteiger partial charge in [0.25, 0.3) is 5.56 Å². The first-order chi connectivity index (χ1) is 8.76. The van der Waals surface area contributed by atoms with E-state index in [0.29, 0.717) is 19.0 Å². The fraction of sp³-hybridized carbons (Fsp3) is 0.357. The number of hydrogen-bond acceptors (Lipinski definition) is 2. The maximum atomic E-state index is 11.9. The molecule has 0 saturated heterocycles. The van der Waals surface area contributed by atoms with Crippen LogP contribution in [0.1, 0.15) is 12.0 Å². The summed E-state index contributed by atoms with van der Waals surface area (Å²) < 4.78 is 6.81. The van der Waals surface area contributed by atoms with Gasteiger partial charge in [0.15, 0.2) is 0 Å². The van der Waals surface area contributed by atoms with Crippen LogP contribution in [0.3, 0.4) is 0 Å². The Bertz CT molecular complexity index is 592. The van der Waals surface area contributed by atoms with Gasteiger partial charge in [0, 0.05) is 32.2 Å². The van der Waals surface area contributed by atoms with Crippen LogP contribution in [0.15, 0.2) is 35.1 Å². The number of fused-ring (bicyclic) bond motifs is 1. The Morgan fingerprint density at radius 2 is 2.06 bits per heavy atom. The van der Waals surface area contributed by atoms with E-state index in [0.717, 1.165) is 22.9 Å². The maximum absolute atomic E-state index is 11.9. The summed E-state index contributed by atoms with van der Waals surface area (Å²) in [6.45, 7) is 1.31. The van der Waals surface area contributed by atoms with Crippen molar-refractivity contribution in [2.75, 3.05) is 13.7 Å². The average molecular weight is 266 g/mol. The van der Waals surface area contributed by atoms with E-state index >= 15 is 0 Å². The zero-order chi connectivity index (χ0) is 13.0. The van der Waals surface area contributed by atoms with Gasteiger partial charge in [-0.25, -0.2) is 0 Å². The Morgan fingerprint density at radius 1 is 1.28 bits per heavy atom. The average Bonchev–Trinajstić information content (AvgIpc) is 2.41. The molecule has 96 valence electrons. The highest BCUT2D eigenvalue weighted by atomic mass is 35.5. The zero-order valence-electron chi connectivity index (χ0n) is 10.4. The van der Waals surface area contributed by atoms with E-state index in [-0.39, 0.29) is 5.56 Å². The lowest BCUT2D eigenvalue weighted by Crippen LogP contribution is -2.20. The van der Waals surface area contributed by atoms with Crippen molar-refractivity contribution in [3.8, 4) is 0 Å². The van der Waals surface area contributed by atoms with E-state index in [1.807, 2.05) is 24.3 Å². The van der Waals surface area contributed by atoms with Crippen LogP contribution in [0.5, 0.6) is 0 Å². The first kappa shape index (κ1) is 13.1. The third-order valence-corrected chi connectivity index (χ3v) is 3.25. The van der Waals surface area contributed by atoms with Gasteiger partial charge in [-0.3, -0.25) is 4.79 Å². The minimum atomic E-state index is 0.0188. The summed E-state index contributed by atoms with van der Waals surface area (Å²) in [5.41, 5.74) is 1.98. The number of aryl methyl sites for hydroxylation is 1. The summed E-state index contributed by atoms with van der Waals surface area (Å²) in [7, 11) is 1.66. The number of ether oxygens (including phenoxy) is 1. The van der Waals surface area contributed by atoms with Crippen molar-refractivity contribution in [3.63, 3.8) is 0 Å². The van der Waals surface area contributed by atoms with Gasteiger partial charge in [0.2, 0.25) is 0 Å². The fourth-order valence-electron chi connectivity index (χ4n) is 2.01. The highest BCUT2D eigenvalue weighted by molar-refractivity contribution is 6.17. The number of rotatable bonds is 5. The fourth-order valence-corrected chi connectivity index (χ4v) is 2.18. The van der Waals surface area contributed by atoms with Crippen molar-refractivity contribution in [1.29, 1.82) is 0 Å². The molecule has 2 aromatic rings. The molecular formula is C14H16ClNO2. The molecule has 3 nitrogen and oxygen atoms in total. The molecule has 0 fully saturated rings. The van der Waals surface area contributed by atoms with E-state index in [2.05, 4.69) is 0 Å². The molecule has 0 unspecified atom stereocenters. The molecule has 0 aliphatic rings. The predicted molar refractivity (Wildman–Crippen MR) is 74.3 cm³/mol. The van der Waals surface area contributed by atoms with Gasteiger partial charge in [0.1, 0.15) is 0 Å². The largest absolute Gasteiger partial charge is 0.385 e. The summed E-state index contributed by atoms with van der Waals surface area (Å²) in [6, 6.07) is 9.42. The second kappa shape index (κ2) is 6.03. The number of halogens is 1. The van der Waals surface area contributed by atoms with E-state index < -0.39 is 0 Å². The minimum Gasteiger partial charge on any atom is -0.385 e. The van der Waals surface area contributed by atoms with Crippen molar-refractivity contribution in [2.45, 2.75) is 18.8 Å². The molecule has 0 aliphatic carbocycles. The molecule has 1 aromatic heterocycles. The van der Waals surface area contributed by atoms with Crippen LogP contribution in [0.4, 0.5) is 0 Å². The first-order valence-electron chi connectivity index (χ1n) is 5.93. The summed E-state index contributed by atoms with van der Waals surface area (Å²) in [4.78, 5) is 11.9. The first-order valence-corrected chi connectivity index (χ1v) is 6.47. The molecule has 1 aromatic carbocycles. The number of pyridine rings is 1. The van der Waals surface area contributed by atoms with E-state index in [4.69, 9.17) is 16.3 Å². The number of alkyl halides is 1. The zero-order valence-corrected chi connectivity index (χ0v) is 11.1. The molecule has 0 bridgehead atoms. The second-order valence-corrected chi connectivity index (χ2v) is 4.46. The molecule has 0 radical (unpaired) electrons. The van der Waals surface area contributed by atoms with Gasteiger partial charge in [0.05, 0.1) is 5.52 Å². The van der Waals surface area contributed by atoms with Crippen LogP contribution in [0, 0.1) is 0 Å². The monoisotopic (exact) mass is 265 g/mol. The highest BCUT2D eigenvalue weighted by Crippen LogP contribution is 2.16. The van der Waals surface area contributed by atoms with Gasteiger partial charge in [-0.1, -0.05) is 12.1 Å². The van der Waals surface area contributed by atoms with E-state index in [9.17, 15) is 4.79 Å². The normalized spacial score (nSPS) is 11.0. The molecule has 0 atom stereocenters. The van der Waals surface area contributed by atoms with E-state index in [1.54, 1.807) is 17.7 Å². The smallest absolute Gasteiger partial charge is 0.251 e. The maximum Gasteiger partial charge on any atom is 0.251 e. The third kappa shape index (κ3) is 2.74. The van der Waals surface area contributed by atoms with Crippen LogP contribution in [-0.4, -0.2) is 18.3 Å². The molecule has 18 heavy (non-hydrogen) atoms. The molecule has 0 saturated carbocycles. The molecule has 4 heteroatoms. The lowest BCUT2D eigenvalue weighted by atomic mass is 10.1. The molecular weight excluding hydrogens is 250 g/mol. The Labute approximate surface area is 111 Å². The molecule has 0 aliphatic heterocycles. The van der Waals surface area contributed by atoms with Crippen LogP contribution < -0.4 is 5.56 Å². The van der Waals surface area contributed by atoms with Gasteiger partial charge < -0.3 is 9.30 Å². The topological polar surface area (TPSA) is 31.2 Å². The number of benzene rings is 1. The van der Waals surface area contributed by atoms with Crippen LogP contribution in [0.2, 0.25) is 0 Å². The third-order valence-electron chi connectivity index (χ3n) is 2.94. The Morgan fingerprint density at radius 3 is 2.78 bits per heavy atom. The number of hydrogen-bond donors (Lipinski definition) is 0. The van der Waals surface area contributed by atoms with Crippen molar-refractivity contribution in [3.05, 3.63) is 46.2 Å². The number of nitrogens with zero attached hydrogens (tertiary/aromatic N) is 1. The van der Waals surface area contributed by atoms with Gasteiger partial charge in [-0.05, 0) is 29.5 Å². The summed E-state index contributed by atoms with van der Waals surface area (Å²) >= 11 is 5.84. The predicted octanol–water partition coefficient (Wildman–Crippen LogP) is 2.78. The van der Waals surface area contributed by atoms with Crippen LogP contribution in [-0.2, 0) is 17.2 Å². The summed E-state index contributed by atoms with van der Waals surface area (Å²) in [5.74, 6) is 0.455. The quantitative estimate of drug-likeness (QED) is 0.615. The number of aromatic nitrogens is 1. The van der Waals surface area contributed by atoms with Gasteiger partial charge in [-0.2, -0.15) is 0 Å². The minimum absolute atomic E-state index is 0.0188. The van der Waals surface area contributed by atoms with Gasteiger partial charge in [-0.15, -0.1) is 11.6 Å². The van der Waals surface area contributed by atoms with Gasteiger partial charge >= 0.3 is 0 Å². The summed E-state index contributed by atoms with van der Waals surface area (Å²) in [5, 5.41) is 1.06. The lowest BCUT2D eigenvalue weighted by molar-refractivity contribution is 0.190. The number of methoxy groups -OCH3 is 1. The second-order valence-electron chi connectivity index (χ2n) is 4.20. The van der Waals surface area contributed by atoms with Crippen molar-refractivity contribution in [1.82, 2.24) is 4.57 Å². The molecule has 0 N–H and O–H groups in total. The van der Waals surface area contributed by atoms with Crippen molar-refractivity contribution < 1.29 is 4.74 Å². The molecule has 0 spiro atoms. The van der Waals surface area contributed by atoms with E-state index in [1.165, 1.54) is 0 Å². The van der Waals surface area contributed by atoms with Crippen LogP contribution >= 0.6 is 11.6 Å². The Hall–Kier alpha value is -1.32. The Kier molecular flexibility index (Phi) is 4.39. The molecule has 0 amide bonds. The molecule has 1 heterocycles. The van der Waals surface area contributed by atoms with Crippen molar-refractivity contribution >= 4 is 22.5 Å². The molecule has 2 rings (SSSR count). The lowest BCUT2D eigenvalue weighted by Gasteiger charge is -2.10. The highest BCUT2D eigenvalue weighted by Gasteiger charge is 2.04. The standard InChI is InChI=1S/C14H16ClNO2/c1-18-8-2-7-16-13-9-11(10-15)3-4-12(13)5-6-14(16)17/h3-6,9H,2,7-8,10H2,1H3.